The van der Waals surface area contributed by atoms with Crippen molar-refractivity contribution in [3.8, 4) is 11.5 Å². The molecular weight excluding hydrogens is 318 g/mol. The fourth-order valence-electron chi connectivity index (χ4n) is 3.67. The van der Waals surface area contributed by atoms with Gasteiger partial charge in [-0.05, 0) is 47.9 Å². The summed E-state index contributed by atoms with van der Waals surface area (Å²) in [6.07, 6.45) is 5.28. The van der Waals surface area contributed by atoms with Crippen molar-refractivity contribution in [3.05, 3.63) is 77.2 Å². The summed E-state index contributed by atoms with van der Waals surface area (Å²) in [5.41, 5.74) is 5.98. The van der Waals surface area contributed by atoms with Crippen LogP contribution in [0.15, 0.2) is 54.7 Å². The minimum Gasteiger partial charge on any atom is -0.249 e. The van der Waals surface area contributed by atoms with E-state index in [-0.39, 0.29) is 5.92 Å². The molecule has 0 bridgehead atoms. The maximum Gasteiger partial charge on any atom is 0.178 e. The van der Waals surface area contributed by atoms with E-state index in [1.54, 1.807) is 0 Å². The van der Waals surface area contributed by atoms with Crippen LogP contribution in [0.5, 0.6) is 0 Å². The van der Waals surface area contributed by atoms with Crippen LogP contribution in [0.2, 0.25) is 0 Å². The van der Waals surface area contributed by atoms with Gasteiger partial charge in [0.05, 0.1) is 0 Å². The first kappa shape index (κ1) is 16.9. The Balaban J connectivity index is 1.67. The lowest BCUT2D eigenvalue weighted by Gasteiger charge is -2.30. The van der Waals surface area contributed by atoms with E-state index in [2.05, 4.69) is 62.2 Å². The Morgan fingerprint density at radius 2 is 1.77 bits per heavy atom. The number of pyridine rings is 1. The molecule has 0 N–H and O–H groups in total. The third kappa shape index (κ3) is 3.39. The van der Waals surface area contributed by atoms with Gasteiger partial charge in [0.15, 0.2) is 5.82 Å². The highest BCUT2D eigenvalue weighted by molar-refractivity contribution is 5.50. The van der Waals surface area contributed by atoms with Crippen molar-refractivity contribution in [1.82, 2.24) is 15.0 Å². The molecule has 26 heavy (non-hydrogen) atoms. The lowest BCUT2D eigenvalue weighted by molar-refractivity contribution is 0.310. The first-order chi connectivity index (χ1) is 12.5. The molecule has 132 valence electrons. The van der Waals surface area contributed by atoms with Gasteiger partial charge in [-0.2, -0.15) is 0 Å². The Kier molecular flexibility index (Phi) is 4.31. The number of aryl methyl sites for hydroxylation is 1. The van der Waals surface area contributed by atoms with E-state index < -0.39 is 0 Å². The maximum absolute atomic E-state index is 4.88. The minimum atomic E-state index is 0.243. The van der Waals surface area contributed by atoms with E-state index in [0.29, 0.717) is 5.41 Å². The van der Waals surface area contributed by atoms with Gasteiger partial charge in [0, 0.05) is 23.5 Å². The van der Waals surface area contributed by atoms with Crippen molar-refractivity contribution in [1.29, 1.82) is 0 Å². The van der Waals surface area contributed by atoms with Gasteiger partial charge >= 0.3 is 0 Å². The second-order valence-electron chi connectivity index (χ2n) is 8.09. The summed E-state index contributed by atoms with van der Waals surface area (Å²) in [5, 5.41) is 0. The lowest BCUT2D eigenvalue weighted by atomic mass is 9.77. The molecule has 0 radical (unpaired) electrons. The van der Waals surface area contributed by atoms with Crippen molar-refractivity contribution in [3.63, 3.8) is 0 Å². The number of nitrogens with zero attached hydrogens (tertiary/aromatic N) is 3. The molecule has 0 aliphatic heterocycles. The molecule has 1 atom stereocenters. The molecule has 2 aromatic heterocycles. The predicted molar refractivity (Wildman–Crippen MR) is 105 cm³/mol. The quantitative estimate of drug-likeness (QED) is 0.655. The van der Waals surface area contributed by atoms with Gasteiger partial charge in [-0.3, -0.25) is 0 Å². The molecule has 1 unspecified atom stereocenters. The molecule has 3 heteroatoms. The Labute approximate surface area is 155 Å². The summed E-state index contributed by atoms with van der Waals surface area (Å²) < 4.78 is 0. The Morgan fingerprint density at radius 1 is 0.962 bits per heavy atom. The SMILES string of the molecule is CC(c1ccccc1)c1cccc(-c2ncc3c(n2)CC(C)(C)CC3)n1. The number of benzene rings is 1. The summed E-state index contributed by atoms with van der Waals surface area (Å²) in [5.74, 6) is 0.983. The fraction of sp³-hybridized carbons (Fsp3) is 0.348. The van der Waals surface area contributed by atoms with Crippen LogP contribution < -0.4 is 0 Å². The van der Waals surface area contributed by atoms with Gasteiger partial charge < -0.3 is 0 Å². The second kappa shape index (κ2) is 6.64. The molecule has 3 aromatic rings. The van der Waals surface area contributed by atoms with Gasteiger partial charge in [-0.1, -0.05) is 57.2 Å². The van der Waals surface area contributed by atoms with Crippen molar-refractivity contribution in [2.24, 2.45) is 5.41 Å². The van der Waals surface area contributed by atoms with Gasteiger partial charge in [-0.15, -0.1) is 0 Å². The molecule has 1 aromatic carbocycles. The highest BCUT2D eigenvalue weighted by Crippen LogP contribution is 2.34. The van der Waals surface area contributed by atoms with E-state index in [0.717, 1.165) is 30.1 Å². The van der Waals surface area contributed by atoms with Crippen LogP contribution in [-0.2, 0) is 12.8 Å². The molecule has 1 aliphatic rings. The first-order valence-corrected chi connectivity index (χ1v) is 9.39. The van der Waals surface area contributed by atoms with Gasteiger partial charge in [0.2, 0.25) is 0 Å². The third-order valence-electron chi connectivity index (χ3n) is 5.41. The molecule has 4 rings (SSSR count). The molecule has 0 amide bonds. The minimum absolute atomic E-state index is 0.243. The summed E-state index contributed by atoms with van der Waals surface area (Å²) >= 11 is 0. The summed E-state index contributed by atoms with van der Waals surface area (Å²) in [6, 6.07) is 16.6. The standard InChI is InChI=1S/C23H25N3/c1-16(17-8-5-4-6-9-17)19-10-7-11-20(25-19)22-24-15-18-12-13-23(2,3)14-21(18)26-22/h4-11,15-16H,12-14H2,1-3H3. The van der Waals surface area contributed by atoms with E-state index in [4.69, 9.17) is 9.97 Å². The number of hydrogen-bond donors (Lipinski definition) is 0. The van der Waals surface area contributed by atoms with Crippen molar-refractivity contribution < 1.29 is 0 Å². The normalized spacial score (nSPS) is 16.7. The second-order valence-corrected chi connectivity index (χ2v) is 8.09. The van der Waals surface area contributed by atoms with Crippen LogP contribution in [0.1, 0.15) is 55.6 Å². The van der Waals surface area contributed by atoms with Crippen LogP contribution >= 0.6 is 0 Å². The smallest absolute Gasteiger partial charge is 0.178 e. The number of fused-ring (bicyclic) bond motifs is 1. The lowest BCUT2D eigenvalue weighted by Crippen LogP contribution is -2.23. The zero-order valence-electron chi connectivity index (χ0n) is 15.7. The van der Waals surface area contributed by atoms with Crippen LogP contribution in [0, 0.1) is 5.41 Å². The van der Waals surface area contributed by atoms with Crippen molar-refractivity contribution in [2.75, 3.05) is 0 Å². The van der Waals surface area contributed by atoms with Crippen LogP contribution in [0.25, 0.3) is 11.5 Å². The zero-order chi connectivity index (χ0) is 18.1. The van der Waals surface area contributed by atoms with Gasteiger partial charge in [0.1, 0.15) is 5.69 Å². The summed E-state index contributed by atoms with van der Waals surface area (Å²) in [4.78, 5) is 14.4. The van der Waals surface area contributed by atoms with E-state index in [9.17, 15) is 0 Å². The average Bonchev–Trinajstić information content (AvgIpc) is 2.67. The monoisotopic (exact) mass is 343 g/mol. The molecule has 0 saturated carbocycles. The van der Waals surface area contributed by atoms with Gasteiger partial charge in [-0.25, -0.2) is 15.0 Å². The topological polar surface area (TPSA) is 38.7 Å². The zero-order valence-corrected chi connectivity index (χ0v) is 15.7. The highest BCUT2D eigenvalue weighted by atomic mass is 14.9. The molecule has 0 saturated heterocycles. The first-order valence-electron chi connectivity index (χ1n) is 9.39. The Bertz CT molecular complexity index is 916. The number of aromatic nitrogens is 3. The number of rotatable bonds is 3. The van der Waals surface area contributed by atoms with Crippen molar-refractivity contribution in [2.45, 2.75) is 46.0 Å². The average molecular weight is 343 g/mol. The Morgan fingerprint density at radius 3 is 2.58 bits per heavy atom. The summed E-state index contributed by atoms with van der Waals surface area (Å²) in [6.45, 7) is 6.83. The molecule has 1 aliphatic carbocycles. The highest BCUT2D eigenvalue weighted by Gasteiger charge is 2.27. The van der Waals surface area contributed by atoms with Crippen molar-refractivity contribution >= 4 is 0 Å². The van der Waals surface area contributed by atoms with E-state index >= 15 is 0 Å². The molecule has 2 heterocycles. The van der Waals surface area contributed by atoms with Gasteiger partial charge in [0.25, 0.3) is 0 Å². The van der Waals surface area contributed by atoms with Crippen LogP contribution in [0.4, 0.5) is 0 Å². The molecule has 0 fully saturated rings. The summed E-state index contributed by atoms with van der Waals surface area (Å²) in [7, 11) is 0. The largest absolute Gasteiger partial charge is 0.249 e. The predicted octanol–water partition coefficient (Wildman–Crippen LogP) is 5.21. The fourth-order valence-corrected chi connectivity index (χ4v) is 3.67. The third-order valence-corrected chi connectivity index (χ3v) is 5.41. The number of hydrogen-bond acceptors (Lipinski definition) is 3. The van der Waals surface area contributed by atoms with E-state index in [1.807, 2.05) is 18.3 Å². The Hall–Kier alpha value is -2.55. The molecule has 3 nitrogen and oxygen atoms in total. The van der Waals surface area contributed by atoms with E-state index in [1.165, 1.54) is 23.2 Å². The van der Waals surface area contributed by atoms with Crippen LogP contribution in [0.3, 0.4) is 0 Å². The maximum atomic E-state index is 4.88. The van der Waals surface area contributed by atoms with Crippen LogP contribution in [-0.4, -0.2) is 15.0 Å². The molecule has 0 spiro atoms. The molecular formula is C23H25N3.